The quantitative estimate of drug-likeness (QED) is 0.914. The molecule has 1 saturated heterocycles. The number of hydrogen-bond acceptors (Lipinski definition) is 2. The lowest BCUT2D eigenvalue weighted by Crippen LogP contribution is -2.58. The standard InChI is InChI=1S/C16H22N2O2/c1-11(2)9-10-18-12(3)15(19)17-14(16(18)20)13-7-5-4-6-8-13/h4-8,11-12,14H,9-10H2,1-3H3,(H,17,19). The van der Waals surface area contributed by atoms with E-state index in [1.807, 2.05) is 30.3 Å². The highest BCUT2D eigenvalue weighted by molar-refractivity contribution is 5.97. The maximum atomic E-state index is 12.6. The van der Waals surface area contributed by atoms with E-state index < -0.39 is 6.04 Å². The molecule has 0 aliphatic carbocycles. The van der Waals surface area contributed by atoms with Crippen molar-refractivity contribution in [3.8, 4) is 0 Å². The monoisotopic (exact) mass is 274 g/mol. The Labute approximate surface area is 120 Å². The third-order valence-corrected chi connectivity index (χ3v) is 3.74. The molecule has 2 atom stereocenters. The van der Waals surface area contributed by atoms with Crippen molar-refractivity contribution in [2.45, 2.75) is 39.3 Å². The number of nitrogens with one attached hydrogen (secondary N) is 1. The first kappa shape index (κ1) is 14.6. The van der Waals surface area contributed by atoms with E-state index in [0.29, 0.717) is 12.5 Å². The van der Waals surface area contributed by atoms with E-state index in [1.165, 1.54) is 0 Å². The van der Waals surface area contributed by atoms with Crippen molar-refractivity contribution in [1.29, 1.82) is 0 Å². The summed E-state index contributed by atoms with van der Waals surface area (Å²) in [5, 5.41) is 2.82. The van der Waals surface area contributed by atoms with Crippen LogP contribution in [-0.4, -0.2) is 29.3 Å². The molecule has 1 fully saturated rings. The van der Waals surface area contributed by atoms with Crippen LogP contribution in [0.15, 0.2) is 30.3 Å². The van der Waals surface area contributed by atoms with E-state index in [9.17, 15) is 9.59 Å². The highest BCUT2D eigenvalue weighted by Crippen LogP contribution is 2.22. The fraction of sp³-hybridized carbons (Fsp3) is 0.500. The van der Waals surface area contributed by atoms with Gasteiger partial charge >= 0.3 is 0 Å². The lowest BCUT2D eigenvalue weighted by atomic mass is 10.00. The zero-order chi connectivity index (χ0) is 14.7. The summed E-state index contributed by atoms with van der Waals surface area (Å²) in [6.07, 6.45) is 0.908. The molecule has 1 heterocycles. The van der Waals surface area contributed by atoms with Crippen molar-refractivity contribution in [3.63, 3.8) is 0 Å². The fourth-order valence-electron chi connectivity index (χ4n) is 2.40. The average Bonchev–Trinajstić information content (AvgIpc) is 2.43. The highest BCUT2D eigenvalue weighted by Gasteiger charge is 2.38. The van der Waals surface area contributed by atoms with Crippen LogP contribution in [0.1, 0.15) is 38.8 Å². The van der Waals surface area contributed by atoms with Crippen molar-refractivity contribution in [2.24, 2.45) is 5.92 Å². The Bertz CT molecular complexity index is 485. The summed E-state index contributed by atoms with van der Waals surface area (Å²) in [5.74, 6) is 0.418. The summed E-state index contributed by atoms with van der Waals surface area (Å²) < 4.78 is 0. The Morgan fingerprint density at radius 3 is 2.45 bits per heavy atom. The molecule has 1 aliphatic rings. The van der Waals surface area contributed by atoms with E-state index >= 15 is 0 Å². The first-order chi connectivity index (χ1) is 9.50. The molecule has 2 amide bonds. The average molecular weight is 274 g/mol. The molecule has 0 bridgehead atoms. The van der Waals surface area contributed by atoms with E-state index in [2.05, 4.69) is 19.2 Å². The van der Waals surface area contributed by atoms with E-state index in [4.69, 9.17) is 0 Å². The predicted octanol–water partition coefficient (Wildman–Crippen LogP) is 2.12. The van der Waals surface area contributed by atoms with Gasteiger partial charge in [0, 0.05) is 6.54 Å². The maximum Gasteiger partial charge on any atom is 0.250 e. The van der Waals surface area contributed by atoms with Crippen molar-refractivity contribution >= 4 is 11.8 Å². The first-order valence-electron chi connectivity index (χ1n) is 7.16. The van der Waals surface area contributed by atoms with Gasteiger partial charge < -0.3 is 10.2 Å². The second-order valence-electron chi connectivity index (χ2n) is 5.74. The van der Waals surface area contributed by atoms with Crippen LogP contribution in [0, 0.1) is 5.92 Å². The van der Waals surface area contributed by atoms with Crippen LogP contribution in [-0.2, 0) is 9.59 Å². The molecule has 0 radical (unpaired) electrons. The van der Waals surface area contributed by atoms with Crippen LogP contribution < -0.4 is 5.32 Å². The van der Waals surface area contributed by atoms with Crippen molar-refractivity contribution in [2.75, 3.05) is 6.54 Å². The number of benzene rings is 1. The molecule has 1 aromatic carbocycles. The minimum Gasteiger partial charge on any atom is -0.339 e. The lowest BCUT2D eigenvalue weighted by Gasteiger charge is -2.37. The molecule has 1 N–H and O–H groups in total. The molecule has 20 heavy (non-hydrogen) atoms. The lowest BCUT2D eigenvalue weighted by molar-refractivity contribution is -0.149. The predicted molar refractivity (Wildman–Crippen MR) is 78.0 cm³/mol. The topological polar surface area (TPSA) is 49.4 Å². The summed E-state index contributed by atoms with van der Waals surface area (Å²) in [6, 6.07) is 8.47. The summed E-state index contributed by atoms with van der Waals surface area (Å²) in [7, 11) is 0. The molecule has 1 aliphatic heterocycles. The van der Waals surface area contributed by atoms with Crippen LogP contribution in [0.3, 0.4) is 0 Å². The molecule has 2 rings (SSSR count). The Hall–Kier alpha value is -1.84. The van der Waals surface area contributed by atoms with Gasteiger partial charge in [-0.15, -0.1) is 0 Å². The third kappa shape index (κ3) is 3.00. The summed E-state index contributed by atoms with van der Waals surface area (Å²) in [4.78, 5) is 26.4. The molecule has 0 aromatic heterocycles. The van der Waals surface area contributed by atoms with Crippen molar-refractivity contribution < 1.29 is 9.59 Å². The van der Waals surface area contributed by atoms with Gasteiger partial charge in [-0.05, 0) is 24.8 Å². The zero-order valence-corrected chi connectivity index (χ0v) is 12.3. The van der Waals surface area contributed by atoms with Crippen molar-refractivity contribution in [1.82, 2.24) is 10.2 Å². The Kier molecular flexibility index (Phi) is 4.42. The second-order valence-corrected chi connectivity index (χ2v) is 5.74. The van der Waals surface area contributed by atoms with Gasteiger partial charge in [0.05, 0.1) is 0 Å². The third-order valence-electron chi connectivity index (χ3n) is 3.74. The second kappa shape index (κ2) is 6.07. The maximum absolute atomic E-state index is 12.6. The summed E-state index contributed by atoms with van der Waals surface area (Å²) in [5.41, 5.74) is 0.840. The fourth-order valence-corrected chi connectivity index (χ4v) is 2.40. The van der Waals surface area contributed by atoms with Gasteiger partial charge in [-0.3, -0.25) is 9.59 Å². The van der Waals surface area contributed by atoms with Gasteiger partial charge in [-0.1, -0.05) is 44.2 Å². The summed E-state index contributed by atoms with van der Waals surface area (Å²) in [6.45, 7) is 6.66. The number of nitrogens with zero attached hydrogens (tertiary/aromatic N) is 1. The van der Waals surface area contributed by atoms with Crippen LogP contribution in [0.4, 0.5) is 0 Å². The van der Waals surface area contributed by atoms with Crippen LogP contribution in [0.2, 0.25) is 0 Å². The number of hydrogen-bond donors (Lipinski definition) is 1. The molecule has 4 nitrogen and oxygen atoms in total. The first-order valence-corrected chi connectivity index (χ1v) is 7.16. The van der Waals surface area contributed by atoms with E-state index in [0.717, 1.165) is 12.0 Å². The number of carbonyl (C=O) groups is 2. The highest BCUT2D eigenvalue weighted by atomic mass is 16.2. The zero-order valence-electron chi connectivity index (χ0n) is 12.3. The van der Waals surface area contributed by atoms with Crippen molar-refractivity contribution in [3.05, 3.63) is 35.9 Å². The minimum atomic E-state index is -0.549. The van der Waals surface area contributed by atoms with Crippen LogP contribution in [0.25, 0.3) is 0 Å². The molecule has 0 spiro atoms. The van der Waals surface area contributed by atoms with Gasteiger partial charge in [0.25, 0.3) is 0 Å². The van der Waals surface area contributed by atoms with E-state index in [1.54, 1.807) is 11.8 Å². The van der Waals surface area contributed by atoms with Gasteiger partial charge in [0.2, 0.25) is 11.8 Å². The largest absolute Gasteiger partial charge is 0.339 e. The van der Waals surface area contributed by atoms with E-state index in [-0.39, 0.29) is 17.9 Å². The number of amides is 2. The number of carbonyl (C=O) groups excluding carboxylic acids is 2. The van der Waals surface area contributed by atoms with Crippen LogP contribution in [0.5, 0.6) is 0 Å². The molecule has 0 saturated carbocycles. The van der Waals surface area contributed by atoms with Gasteiger partial charge in [0.1, 0.15) is 12.1 Å². The smallest absolute Gasteiger partial charge is 0.250 e. The molecular formula is C16H22N2O2. The van der Waals surface area contributed by atoms with Gasteiger partial charge in [-0.2, -0.15) is 0 Å². The Morgan fingerprint density at radius 2 is 1.85 bits per heavy atom. The Morgan fingerprint density at radius 1 is 1.20 bits per heavy atom. The van der Waals surface area contributed by atoms with Crippen LogP contribution >= 0.6 is 0 Å². The van der Waals surface area contributed by atoms with Gasteiger partial charge in [-0.25, -0.2) is 0 Å². The Balaban J connectivity index is 2.19. The normalized spacial score (nSPS) is 23.1. The SMILES string of the molecule is CC(C)CCN1C(=O)C(c2ccccc2)NC(=O)C1C. The molecular weight excluding hydrogens is 252 g/mol. The molecule has 4 heteroatoms. The number of piperazine rings is 1. The molecule has 2 unspecified atom stereocenters. The molecule has 108 valence electrons. The van der Waals surface area contributed by atoms with Gasteiger partial charge in [0.15, 0.2) is 0 Å². The number of rotatable bonds is 4. The molecule has 1 aromatic rings. The minimum absolute atomic E-state index is 0.0102. The summed E-state index contributed by atoms with van der Waals surface area (Å²) >= 11 is 0.